The number of ether oxygens (including phenoxy) is 1. The summed E-state index contributed by atoms with van der Waals surface area (Å²) in [6, 6.07) is 7.72. The van der Waals surface area contributed by atoms with Gasteiger partial charge in [-0.1, -0.05) is 13.8 Å². The Hall–Kier alpha value is -2.74. The summed E-state index contributed by atoms with van der Waals surface area (Å²) in [6.07, 6.45) is -5.61. The lowest BCUT2D eigenvalue weighted by atomic mass is 9.72. The number of fused-ring (bicyclic) bond motifs is 1. The average molecular weight is 453 g/mol. The molecule has 0 saturated heterocycles. The first-order chi connectivity index (χ1) is 14.8. The molecule has 3 aromatic rings. The van der Waals surface area contributed by atoms with E-state index in [2.05, 4.69) is 4.98 Å². The number of rotatable bonds is 6. The molecule has 1 atom stereocenters. The third-order valence-corrected chi connectivity index (χ3v) is 5.80. The second-order valence-electron chi connectivity index (χ2n) is 8.66. The van der Waals surface area contributed by atoms with Crippen molar-refractivity contribution in [3.8, 4) is 5.75 Å². The molecule has 0 amide bonds. The number of alkyl halides is 3. The lowest BCUT2D eigenvalue weighted by Crippen LogP contribution is -2.51. The third-order valence-electron chi connectivity index (χ3n) is 5.80. The molecule has 0 aliphatic carbocycles. The van der Waals surface area contributed by atoms with Crippen LogP contribution >= 0.6 is 0 Å². The van der Waals surface area contributed by atoms with Crippen molar-refractivity contribution in [1.82, 2.24) is 4.98 Å². The van der Waals surface area contributed by atoms with Crippen molar-refractivity contribution in [1.29, 1.82) is 0 Å². The Morgan fingerprint density at radius 3 is 2.34 bits per heavy atom. The maximum absolute atomic E-state index is 14.7. The largest absolute Gasteiger partial charge is 0.496 e. The Morgan fingerprint density at radius 1 is 1.03 bits per heavy atom. The van der Waals surface area contributed by atoms with Crippen molar-refractivity contribution in [2.24, 2.45) is 0 Å². The number of halogens is 5. The Labute approximate surface area is 182 Å². The van der Waals surface area contributed by atoms with Crippen molar-refractivity contribution in [2.45, 2.75) is 50.8 Å². The molecule has 1 N–H and O–H groups in total. The molecule has 3 nitrogen and oxygen atoms in total. The van der Waals surface area contributed by atoms with Gasteiger partial charge < -0.3 is 9.84 Å². The second kappa shape index (κ2) is 8.31. The van der Waals surface area contributed by atoms with Crippen molar-refractivity contribution in [3.05, 3.63) is 70.9 Å². The van der Waals surface area contributed by atoms with Crippen LogP contribution in [0.25, 0.3) is 10.9 Å². The first-order valence-electron chi connectivity index (χ1n) is 9.95. The Bertz CT molecular complexity index is 1140. The number of nitrogens with zero attached hydrogens (tertiary/aromatic N) is 1. The monoisotopic (exact) mass is 453 g/mol. The van der Waals surface area contributed by atoms with Gasteiger partial charge in [-0.25, -0.2) is 8.78 Å². The summed E-state index contributed by atoms with van der Waals surface area (Å²) in [5, 5.41) is 11.4. The van der Waals surface area contributed by atoms with Crippen LogP contribution < -0.4 is 4.74 Å². The molecule has 0 spiro atoms. The van der Waals surface area contributed by atoms with E-state index in [-0.39, 0.29) is 22.4 Å². The van der Waals surface area contributed by atoms with Gasteiger partial charge in [0.05, 0.1) is 12.6 Å². The molecule has 0 bridgehead atoms. The molecule has 0 aliphatic heterocycles. The fourth-order valence-corrected chi connectivity index (χ4v) is 4.15. The van der Waals surface area contributed by atoms with Crippen LogP contribution in [-0.2, 0) is 11.8 Å². The van der Waals surface area contributed by atoms with Crippen molar-refractivity contribution >= 4 is 10.9 Å². The van der Waals surface area contributed by atoms with E-state index in [0.29, 0.717) is 5.39 Å². The highest BCUT2D eigenvalue weighted by atomic mass is 19.4. The average Bonchev–Trinajstić information content (AvgIpc) is 2.69. The lowest BCUT2D eigenvalue weighted by molar-refractivity contribution is -0.266. The zero-order chi connectivity index (χ0) is 23.9. The van der Waals surface area contributed by atoms with Crippen molar-refractivity contribution in [3.63, 3.8) is 0 Å². The van der Waals surface area contributed by atoms with Crippen LogP contribution in [-0.4, -0.2) is 29.0 Å². The van der Waals surface area contributed by atoms with Crippen LogP contribution in [0.3, 0.4) is 0 Å². The van der Waals surface area contributed by atoms with Crippen LogP contribution in [0.15, 0.2) is 42.6 Å². The van der Waals surface area contributed by atoms with Crippen LogP contribution in [0.5, 0.6) is 5.75 Å². The Balaban J connectivity index is 2.12. The molecule has 1 heterocycles. The molecule has 1 unspecified atom stereocenters. The molecule has 2 aromatic carbocycles. The van der Waals surface area contributed by atoms with Gasteiger partial charge in [-0.3, -0.25) is 4.98 Å². The van der Waals surface area contributed by atoms with E-state index in [1.807, 2.05) is 0 Å². The van der Waals surface area contributed by atoms with E-state index >= 15 is 0 Å². The van der Waals surface area contributed by atoms with Gasteiger partial charge in [0, 0.05) is 29.1 Å². The summed E-state index contributed by atoms with van der Waals surface area (Å²) in [5.74, 6) is -1.35. The van der Waals surface area contributed by atoms with Gasteiger partial charge in [0.25, 0.3) is 0 Å². The van der Waals surface area contributed by atoms with Crippen molar-refractivity contribution in [2.75, 3.05) is 7.11 Å². The van der Waals surface area contributed by atoms with Crippen LogP contribution in [0.4, 0.5) is 22.0 Å². The predicted octanol–water partition coefficient (Wildman–Crippen LogP) is 6.03. The smallest absolute Gasteiger partial charge is 0.417 e. The summed E-state index contributed by atoms with van der Waals surface area (Å²) in [7, 11) is 1.32. The normalized spacial score (nSPS) is 14.4. The first-order valence-corrected chi connectivity index (χ1v) is 9.95. The number of aromatic nitrogens is 1. The summed E-state index contributed by atoms with van der Waals surface area (Å²) in [4.78, 5) is 4.07. The molecular weight excluding hydrogens is 429 g/mol. The standard InChI is InChI=1S/C24H24F5NO2/c1-14-9-10-30-21-16(14)6-7-19(26)17(21)12-23(31,24(27,28)29)13-22(2,3)18-11-15(25)5-8-20(18)32-4/h5-11,31H,12-13H2,1-4H3. The van der Waals surface area contributed by atoms with Crippen LogP contribution in [0.1, 0.15) is 37.0 Å². The van der Waals surface area contributed by atoms with E-state index in [4.69, 9.17) is 4.74 Å². The van der Waals surface area contributed by atoms with Gasteiger partial charge in [0.15, 0.2) is 5.60 Å². The summed E-state index contributed by atoms with van der Waals surface area (Å²) in [5.41, 5.74) is -4.07. The van der Waals surface area contributed by atoms with Gasteiger partial charge in [0.1, 0.15) is 17.4 Å². The number of benzene rings is 2. The molecular formula is C24H24F5NO2. The highest BCUT2D eigenvalue weighted by Crippen LogP contribution is 2.45. The zero-order valence-corrected chi connectivity index (χ0v) is 18.1. The fourth-order valence-electron chi connectivity index (χ4n) is 4.15. The molecule has 1 aromatic heterocycles. The number of hydrogen-bond acceptors (Lipinski definition) is 3. The molecule has 0 radical (unpaired) electrons. The highest BCUT2D eigenvalue weighted by molar-refractivity contribution is 5.85. The van der Waals surface area contributed by atoms with Gasteiger partial charge in [-0.2, -0.15) is 13.2 Å². The number of hydrogen-bond donors (Lipinski definition) is 1. The first kappa shape index (κ1) is 23.9. The molecule has 0 fully saturated rings. The van der Waals surface area contributed by atoms with Crippen molar-refractivity contribution < 1.29 is 31.8 Å². The molecule has 3 rings (SSSR count). The molecule has 0 aliphatic rings. The van der Waals surface area contributed by atoms with E-state index in [1.54, 1.807) is 13.0 Å². The predicted molar refractivity (Wildman–Crippen MR) is 112 cm³/mol. The molecule has 8 heteroatoms. The van der Waals surface area contributed by atoms with E-state index in [0.717, 1.165) is 23.8 Å². The lowest BCUT2D eigenvalue weighted by Gasteiger charge is -2.38. The molecule has 0 saturated carbocycles. The SMILES string of the molecule is COc1ccc(F)cc1C(C)(C)CC(O)(Cc1c(F)ccc2c(C)ccnc12)C(F)(F)F. The topological polar surface area (TPSA) is 42.4 Å². The van der Waals surface area contributed by atoms with E-state index in [1.165, 1.54) is 39.3 Å². The summed E-state index contributed by atoms with van der Waals surface area (Å²) >= 11 is 0. The number of aliphatic hydroxyl groups is 1. The van der Waals surface area contributed by atoms with Gasteiger partial charge in [-0.05, 0) is 60.7 Å². The van der Waals surface area contributed by atoms with Gasteiger partial charge >= 0.3 is 6.18 Å². The van der Waals surface area contributed by atoms with E-state index in [9.17, 15) is 27.1 Å². The number of pyridine rings is 1. The van der Waals surface area contributed by atoms with Crippen LogP contribution in [0.2, 0.25) is 0 Å². The zero-order valence-electron chi connectivity index (χ0n) is 18.1. The minimum atomic E-state index is -5.09. The second-order valence-corrected chi connectivity index (χ2v) is 8.66. The van der Waals surface area contributed by atoms with Crippen LogP contribution in [0, 0.1) is 18.6 Å². The molecule has 172 valence electrons. The number of aryl methyl sites for hydroxylation is 1. The fraction of sp³-hybridized carbons (Fsp3) is 0.375. The maximum Gasteiger partial charge on any atom is 0.417 e. The van der Waals surface area contributed by atoms with E-state index < -0.39 is 41.7 Å². The number of methoxy groups -OCH3 is 1. The quantitative estimate of drug-likeness (QED) is 0.463. The third kappa shape index (κ3) is 4.41. The highest BCUT2D eigenvalue weighted by Gasteiger charge is 2.56. The van der Waals surface area contributed by atoms with Gasteiger partial charge in [-0.15, -0.1) is 0 Å². The maximum atomic E-state index is 14.7. The summed E-state index contributed by atoms with van der Waals surface area (Å²) < 4.78 is 76.4. The Morgan fingerprint density at radius 2 is 1.72 bits per heavy atom. The molecule has 32 heavy (non-hydrogen) atoms. The van der Waals surface area contributed by atoms with Gasteiger partial charge in [0.2, 0.25) is 0 Å². The Kier molecular flexibility index (Phi) is 6.21. The minimum absolute atomic E-state index is 0.0637. The minimum Gasteiger partial charge on any atom is -0.496 e. The summed E-state index contributed by atoms with van der Waals surface area (Å²) in [6.45, 7) is 4.63.